The monoisotopic (exact) mass is 158 g/mol. The maximum Gasteiger partial charge on any atom is 1.00 e. The van der Waals surface area contributed by atoms with Crippen LogP contribution in [0.1, 0.15) is 1.43 Å². The Labute approximate surface area is 73.7 Å². The zero-order valence-electron chi connectivity index (χ0n) is 5.26. The maximum absolute atomic E-state index is 9.24. The number of rotatable bonds is 1. The van der Waals surface area contributed by atoms with Gasteiger partial charge < -0.3 is 6.53 Å². The molecule has 1 N–H and O–H groups in total. The molecule has 0 aliphatic heterocycles. The third-order valence-corrected chi connectivity index (χ3v) is 0.343. The van der Waals surface area contributed by atoms with Gasteiger partial charge in [0, 0.05) is 0 Å². The van der Waals surface area contributed by atoms with Gasteiger partial charge in [0.2, 0.25) is 0 Å². The Morgan fingerprint density at radius 3 is 1.75 bits per heavy atom. The molecule has 0 saturated heterocycles. The first kappa shape index (κ1) is 23.4. The van der Waals surface area contributed by atoms with Crippen molar-refractivity contribution in [2.45, 2.75) is 0 Å². The van der Waals surface area contributed by atoms with Crippen LogP contribution in [0.15, 0.2) is 0 Å². The summed E-state index contributed by atoms with van der Waals surface area (Å²) < 4.78 is 0. The van der Waals surface area contributed by atoms with Gasteiger partial charge in [-0.2, -0.15) is 0 Å². The van der Waals surface area contributed by atoms with Crippen LogP contribution in [0, 0.1) is 0 Å². The van der Waals surface area contributed by atoms with E-state index in [1.54, 1.807) is 0 Å². The molecule has 8 heavy (non-hydrogen) atoms. The first-order chi connectivity index (χ1) is 2.27. The molecule has 0 aliphatic carbocycles. The van der Waals surface area contributed by atoms with Gasteiger partial charge in [0.25, 0.3) is 0 Å². The molecule has 0 aromatic rings. The van der Waals surface area contributed by atoms with E-state index in [0.717, 1.165) is 0 Å². The van der Waals surface area contributed by atoms with Crippen LogP contribution in [0.4, 0.5) is 9.41 Å². The molecule has 0 fully saturated rings. The number of halogens is 3. The molecule has 0 heterocycles. The SMILES string of the molecule is F.F.O=C(O)CCl.[H-].[Na+]. The first-order valence-corrected chi connectivity index (χ1v) is 1.58. The van der Waals surface area contributed by atoms with Gasteiger partial charge in [0.1, 0.15) is 5.88 Å². The maximum atomic E-state index is 9.24. The molecule has 0 saturated carbocycles. The zero-order chi connectivity index (χ0) is 4.28. The molecule has 0 unspecified atom stereocenters. The van der Waals surface area contributed by atoms with Crippen molar-refractivity contribution in [3.05, 3.63) is 0 Å². The topological polar surface area (TPSA) is 37.3 Å². The zero-order valence-corrected chi connectivity index (χ0v) is 7.01. The Bertz CT molecular complexity index is 57.8. The average Bonchev–Trinajstić information content (AvgIpc) is 1.38. The molecule has 0 radical (unpaired) electrons. The van der Waals surface area contributed by atoms with Crippen molar-refractivity contribution in [2.75, 3.05) is 5.88 Å². The smallest absolute Gasteiger partial charge is 1.00 e. The third-order valence-electron chi connectivity index (χ3n) is 0.114. The quantitative estimate of drug-likeness (QED) is 0.345. The molecule has 6 heteroatoms. The Balaban J connectivity index is -0.0000000133. The van der Waals surface area contributed by atoms with Crippen molar-refractivity contribution in [3.63, 3.8) is 0 Å². The van der Waals surface area contributed by atoms with Crippen molar-refractivity contribution in [3.8, 4) is 0 Å². The number of carboxylic acid groups (broad SMARTS) is 1. The van der Waals surface area contributed by atoms with Gasteiger partial charge in [-0.25, -0.2) is 0 Å². The Hall–Kier alpha value is 0.620. The van der Waals surface area contributed by atoms with Gasteiger partial charge >= 0.3 is 35.5 Å². The Kier molecular flexibility index (Phi) is 45.9. The van der Waals surface area contributed by atoms with Crippen LogP contribution < -0.4 is 29.6 Å². The normalized spacial score (nSPS) is 4.62. The van der Waals surface area contributed by atoms with Crippen molar-refractivity contribution in [1.82, 2.24) is 0 Å². The van der Waals surface area contributed by atoms with Crippen LogP contribution >= 0.6 is 11.6 Å². The number of carboxylic acids is 1. The molecule has 0 atom stereocenters. The Morgan fingerprint density at radius 2 is 1.75 bits per heavy atom. The number of hydrogen-bond donors (Lipinski definition) is 1. The summed E-state index contributed by atoms with van der Waals surface area (Å²) in [4.78, 5) is 9.24. The summed E-state index contributed by atoms with van der Waals surface area (Å²) >= 11 is 4.74. The standard InChI is InChI=1S/C2H3ClO2.2FH.Na.H/c3-1-2(4)5;;;;/h1H2,(H,4,5);2*1H;;/q;;;+1;-1. The van der Waals surface area contributed by atoms with Crippen LogP contribution in [-0.4, -0.2) is 17.0 Å². The molecule has 2 nitrogen and oxygen atoms in total. The summed E-state index contributed by atoms with van der Waals surface area (Å²) in [6.07, 6.45) is 0. The van der Waals surface area contributed by atoms with E-state index in [1.807, 2.05) is 0 Å². The molecule has 0 amide bonds. The summed E-state index contributed by atoms with van der Waals surface area (Å²) in [6, 6.07) is 0. The van der Waals surface area contributed by atoms with Crippen molar-refractivity contribution in [1.29, 1.82) is 0 Å². The van der Waals surface area contributed by atoms with Gasteiger partial charge in [0.05, 0.1) is 0 Å². The van der Waals surface area contributed by atoms with Crippen LogP contribution in [0.2, 0.25) is 0 Å². The molecule has 48 valence electrons. The van der Waals surface area contributed by atoms with E-state index in [0.29, 0.717) is 0 Å². The minimum atomic E-state index is -0.980. The second kappa shape index (κ2) is 15.6. The Morgan fingerprint density at radius 1 is 1.62 bits per heavy atom. The van der Waals surface area contributed by atoms with E-state index in [4.69, 9.17) is 16.7 Å². The largest absolute Gasteiger partial charge is 1.00 e. The summed E-state index contributed by atoms with van der Waals surface area (Å²) in [6.45, 7) is 0. The number of carbonyl (C=O) groups is 1. The molecule has 0 spiro atoms. The molecular formula is C2H6ClF2NaO2. The third kappa shape index (κ3) is 30.5. The number of aliphatic carboxylic acids is 1. The summed E-state index contributed by atoms with van der Waals surface area (Å²) in [5, 5.41) is 7.59. The van der Waals surface area contributed by atoms with Crippen LogP contribution in [0.25, 0.3) is 0 Å². The van der Waals surface area contributed by atoms with Gasteiger partial charge in [0.15, 0.2) is 0 Å². The fourth-order valence-corrected chi connectivity index (χ4v) is 0. The van der Waals surface area contributed by atoms with Gasteiger partial charge in [-0.1, -0.05) is 0 Å². The van der Waals surface area contributed by atoms with E-state index in [1.165, 1.54) is 0 Å². The predicted octanol–water partition coefficient (Wildman–Crippen LogP) is -2.27. The summed E-state index contributed by atoms with van der Waals surface area (Å²) in [5.74, 6) is -1.29. The first-order valence-electron chi connectivity index (χ1n) is 1.05. The second-order valence-corrected chi connectivity index (χ2v) is 0.795. The molecular weight excluding hydrogens is 152 g/mol. The fourth-order valence-electron chi connectivity index (χ4n) is 0. The molecule has 0 aromatic heterocycles. The molecule has 0 bridgehead atoms. The molecule has 0 aromatic carbocycles. The van der Waals surface area contributed by atoms with Gasteiger partial charge in [-0.15, -0.1) is 11.6 Å². The van der Waals surface area contributed by atoms with Crippen molar-refractivity contribution >= 4 is 17.6 Å². The van der Waals surface area contributed by atoms with Gasteiger partial charge in [-0.3, -0.25) is 14.2 Å². The van der Waals surface area contributed by atoms with Crippen LogP contribution in [-0.2, 0) is 4.79 Å². The molecule has 0 rings (SSSR count). The summed E-state index contributed by atoms with van der Waals surface area (Å²) in [5.41, 5.74) is 0. The minimum Gasteiger partial charge on any atom is -1.00 e. The average molecular weight is 159 g/mol. The second-order valence-electron chi connectivity index (χ2n) is 0.527. The van der Waals surface area contributed by atoms with E-state index < -0.39 is 5.97 Å². The predicted molar refractivity (Wildman–Crippen MR) is 24.5 cm³/mol. The van der Waals surface area contributed by atoms with E-state index in [9.17, 15) is 4.79 Å². The van der Waals surface area contributed by atoms with Gasteiger partial charge in [-0.05, 0) is 0 Å². The van der Waals surface area contributed by atoms with E-state index in [-0.39, 0.29) is 46.3 Å². The minimum absolute atomic E-state index is 0. The van der Waals surface area contributed by atoms with Crippen LogP contribution in [0.5, 0.6) is 0 Å². The van der Waals surface area contributed by atoms with Crippen molar-refractivity contribution in [2.24, 2.45) is 0 Å². The van der Waals surface area contributed by atoms with E-state index >= 15 is 0 Å². The summed E-state index contributed by atoms with van der Waals surface area (Å²) in [7, 11) is 0. The molecule has 0 aliphatic rings. The number of hydrogen-bond acceptors (Lipinski definition) is 1. The fraction of sp³-hybridized carbons (Fsp3) is 0.500. The van der Waals surface area contributed by atoms with Crippen molar-refractivity contribution < 1.29 is 50.3 Å². The van der Waals surface area contributed by atoms with E-state index in [2.05, 4.69) is 0 Å². The number of alkyl halides is 1. The van der Waals surface area contributed by atoms with Crippen LogP contribution in [0.3, 0.4) is 0 Å².